The van der Waals surface area contributed by atoms with Crippen LogP contribution in [0.25, 0.3) is 0 Å². The Morgan fingerprint density at radius 2 is 1.95 bits per heavy atom. The number of morpholine rings is 1. The van der Waals surface area contributed by atoms with E-state index >= 15 is 0 Å². The molecule has 2 rings (SSSR count). The molecule has 0 radical (unpaired) electrons. The Hall–Kier alpha value is -1.39. The van der Waals surface area contributed by atoms with Crippen LogP contribution in [-0.4, -0.2) is 50.1 Å². The van der Waals surface area contributed by atoms with Gasteiger partial charge in [-0.25, -0.2) is 0 Å². The lowest BCUT2D eigenvalue weighted by atomic mass is 10.0. The zero-order valence-electron chi connectivity index (χ0n) is 12.4. The summed E-state index contributed by atoms with van der Waals surface area (Å²) in [5, 5.41) is 4.34. The summed E-state index contributed by atoms with van der Waals surface area (Å²) in [7, 11) is 0. The average Bonchev–Trinajstić information content (AvgIpc) is 2.49. The van der Waals surface area contributed by atoms with Gasteiger partial charge in [0, 0.05) is 19.6 Å². The topological polar surface area (TPSA) is 34.1 Å². The van der Waals surface area contributed by atoms with Crippen molar-refractivity contribution in [3.05, 3.63) is 35.9 Å². The number of hydrogen-bond acceptors (Lipinski definition) is 4. The maximum absolute atomic E-state index is 5.52. The van der Waals surface area contributed by atoms with Crippen molar-refractivity contribution >= 4 is 5.71 Å². The van der Waals surface area contributed by atoms with Gasteiger partial charge in [-0.3, -0.25) is 4.90 Å². The third-order valence-corrected chi connectivity index (χ3v) is 3.38. The highest BCUT2D eigenvalue weighted by atomic mass is 16.6. The van der Waals surface area contributed by atoms with Crippen LogP contribution in [0.1, 0.15) is 19.4 Å². The largest absolute Gasteiger partial charge is 0.394 e. The van der Waals surface area contributed by atoms with Gasteiger partial charge in [0.15, 0.2) is 0 Å². The summed E-state index contributed by atoms with van der Waals surface area (Å²) in [6.45, 7) is 9.44. The molecule has 1 aliphatic rings. The zero-order chi connectivity index (χ0) is 14.2. The molecular formula is C16H24N2O2. The van der Waals surface area contributed by atoms with Crippen molar-refractivity contribution in [2.75, 3.05) is 39.5 Å². The molecular weight excluding hydrogens is 252 g/mol. The van der Waals surface area contributed by atoms with Gasteiger partial charge in [-0.1, -0.05) is 49.3 Å². The molecule has 0 aromatic heterocycles. The lowest BCUT2D eigenvalue weighted by Crippen LogP contribution is -2.38. The summed E-state index contributed by atoms with van der Waals surface area (Å²) in [6, 6.07) is 10.2. The van der Waals surface area contributed by atoms with Gasteiger partial charge < -0.3 is 9.57 Å². The van der Waals surface area contributed by atoms with E-state index in [0.29, 0.717) is 12.5 Å². The van der Waals surface area contributed by atoms with E-state index < -0.39 is 0 Å². The number of oxime groups is 1. The number of nitrogens with zero attached hydrogens (tertiary/aromatic N) is 2. The van der Waals surface area contributed by atoms with Crippen molar-refractivity contribution in [2.45, 2.75) is 13.8 Å². The molecule has 1 saturated heterocycles. The molecule has 1 aromatic rings. The number of benzene rings is 1. The van der Waals surface area contributed by atoms with E-state index in [1.54, 1.807) is 0 Å². The van der Waals surface area contributed by atoms with Crippen LogP contribution in [0.3, 0.4) is 0 Å². The molecule has 0 spiro atoms. The van der Waals surface area contributed by atoms with Crippen LogP contribution >= 0.6 is 0 Å². The maximum Gasteiger partial charge on any atom is 0.129 e. The van der Waals surface area contributed by atoms with Gasteiger partial charge in [-0.15, -0.1) is 0 Å². The normalized spacial score (nSPS) is 17.4. The molecule has 0 N–H and O–H groups in total. The first-order valence-corrected chi connectivity index (χ1v) is 7.32. The Bertz CT molecular complexity index is 412. The van der Waals surface area contributed by atoms with E-state index in [1.165, 1.54) is 0 Å². The Balaban J connectivity index is 1.83. The van der Waals surface area contributed by atoms with Gasteiger partial charge in [-0.05, 0) is 11.5 Å². The molecule has 0 amide bonds. The van der Waals surface area contributed by atoms with E-state index in [2.05, 4.69) is 36.0 Å². The highest BCUT2D eigenvalue weighted by molar-refractivity contribution is 6.01. The minimum Gasteiger partial charge on any atom is -0.394 e. The molecule has 1 aliphatic heterocycles. The first-order valence-electron chi connectivity index (χ1n) is 7.32. The summed E-state index contributed by atoms with van der Waals surface area (Å²) in [4.78, 5) is 7.86. The predicted molar refractivity (Wildman–Crippen MR) is 81.0 cm³/mol. The monoisotopic (exact) mass is 276 g/mol. The fourth-order valence-electron chi connectivity index (χ4n) is 2.21. The second-order valence-electron chi connectivity index (χ2n) is 5.28. The standard InChI is InChI=1S/C16H24N2O2/c1-14(2)16(15-6-4-3-5-7-15)17-20-13-10-18-8-11-19-12-9-18/h3-7,14H,8-13H2,1-2H3/b17-16-. The quantitative estimate of drug-likeness (QED) is 0.454. The van der Waals surface area contributed by atoms with E-state index in [1.807, 2.05) is 18.2 Å². The average molecular weight is 276 g/mol. The van der Waals surface area contributed by atoms with Crippen LogP contribution in [0, 0.1) is 5.92 Å². The van der Waals surface area contributed by atoms with Crippen molar-refractivity contribution in [3.63, 3.8) is 0 Å². The number of hydrogen-bond donors (Lipinski definition) is 0. The van der Waals surface area contributed by atoms with Crippen LogP contribution in [0.5, 0.6) is 0 Å². The molecule has 0 atom stereocenters. The molecule has 0 saturated carbocycles. The van der Waals surface area contributed by atoms with Gasteiger partial charge >= 0.3 is 0 Å². The molecule has 0 bridgehead atoms. The molecule has 20 heavy (non-hydrogen) atoms. The van der Waals surface area contributed by atoms with Crippen LogP contribution in [-0.2, 0) is 9.57 Å². The summed E-state index contributed by atoms with van der Waals surface area (Å²) >= 11 is 0. The van der Waals surface area contributed by atoms with E-state index in [4.69, 9.17) is 9.57 Å². The summed E-state index contributed by atoms with van der Waals surface area (Å²) in [5.74, 6) is 0.348. The highest BCUT2D eigenvalue weighted by Crippen LogP contribution is 2.10. The number of ether oxygens (including phenoxy) is 1. The van der Waals surface area contributed by atoms with Gasteiger partial charge in [0.25, 0.3) is 0 Å². The summed E-state index contributed by atoms with van der Waals surface area (Å²) < 4.78 is 5.32. The fourth-order valence-corrected chi connectivity index (χ4v) is 2.21. The Morgan fingerprint density at radius 3 is 2.60 bits per heavy atom. The highest BCUT2D eigenvalue weighted by Gasteiger charge is 2.11. The fraction of sp³-hybridized carbons (Fsp3) is 0.562. The van der Waals surface area contributed by atoms with E-state index in [9.17, 15) is 0 Å². The third kappa shape index (κ3) is 4.62. The van der Waals surface area contributed by atoms with Crippen LogP contribution < -0.4 is 0 Å². The molecule has 4 nitrogen and oxygen atoms in total. The molecule has 1 aromatic carbocycles. The minimum atomic E-state index is 0.348. The van der Waals surface area contributed by atoms with Crippen molar-refractivity contribution in [2.24, 2.45) is 11.1 Å². The van der Waals surface area contributed by atoms with Gasteiger partial charge in [-0.2, -0.15) is 0 Å². The summed E-state index contributed by atoms with van der Waals surface area (Å²) in [5.41, 5.74) is 2.14. The second kappa shape index (κ2) is 8.02. The first-order chi connectivity index (χ1) is 9.77. The molecule has 1 fully saturated rings. The van der Waals surface area contributed by atoms with Crippen LogP contribution in [0.2, 0.25) is 0 Å². The van der Waals surface area contributed by atoms with Crippen LogP contribution in [0.15, 0.2) is 35.5 Å². The van der Waals surface area contributed by atoms with Crippen molar-refractivity contribution in [3.8, 4) is 0 Å². The SMILES string of the molecule is CC(C)/C(=N/OCCN1CCOCC1)c1ccccc1. The molecule has 0 aliphatic carbocycles. The van der Waals surface area contributed by atoms with Crippen molar-refractivity contribution in [1.82, 2.24) is 4.90 Å². The predicted octanol–water partition coefficient (Wildman–Crippen LogP) is 2.40. The third-order valence-electron chi connectivity index (χ3n) is 3.38. The lowest BCUT2D eigenvalue weighted by molar-refractivity contribution is 0.0211. The Morgan fingerprint density at radius 1 is 1.25 bits per heavy atom. The van der Waals surface area contributed by atoms with Crippen molar-refractivity contribution < 1.29 is 9.57 Å². The molecule has 4 heteroatoms. The smallest absolute Gasteiger partial charge is 0.129 e. The van der Waals surface area contributed by atoms with E-state index in [0.717, 1.165) is 44.1 Å². The van der Waals surface area contributed by atoms with Gasteiger partial charge in [0.2, 0.25) is 0 Å². The second-order valence-corrected chi connectivity index (χ2v) is 5.28. The Kier molecular flexibility index (Phi) is 6.02. The van der Waals surface area contributed by atoms with Crippen LogP contribution in [0.4, 0.5) is 0 Å². The summed E-state index contributed by atoms with van der Waals surface area (Å²) in [6.07, 6.45) is 0. The van der Waals surface area contributed by atoms with E-state index in [-0.39, 0.29) is 0 Å². The molecule has 0 unspecified atom stereocenters. The zero-order valence-corrected chi connectivity index (χ0v) is 12.4. The molecule has 1 heterocycles. The minimum absolute atomic E-state index is 0.348. The Labute approximate surface area is 121 Å². The van der Waals surface area contributed by atoms with Crippen molar-refractivity contribution in [1.29, 1.82) is 0 Å². The lowest BCUT2D eigenvalue weighted by Gasteiger charge is -2.25. The maximum atomic E-state index is 5.52. The number of rotatable bonds is 6. The molecule has 110 valence electrons. The van der Waals surface area contributed by atoms with Gasteiger partial charge in [0.05, 0.1) is 18.9 Å². The van der Waals surface area contributed by atoms with Gasteiger partial charge in [0.1, 0.15) is 6.61 Å². The first kappa shape index (κ1) is 15.0.